The predicted molar refractivity (Wildman–Crippen MR) is 86.9 cm³/mol. The zero-order valence-electron chi connectivity index (χ0n) is 12.5. The van der Waals surface area contributed by atoms with Crippen molar-refractivity contribution in [1.82, 2.24) is 9.88 Å². The summed E-state index contributed by atoms with van der Waals surface area (Å²) in [6.07, 6.45) is 5.70. The lowest BCUT2D eigenvalue weighted by atomic mass is 9.70. The minimum absolute atomic E-state index is 0.133. The highest BCUT2D eigenvalue weighted by molar-refractivity contribution is 9.10. The number of pyridine rings is 1. The van der Waals surface area contributed by atoms with E-state index in [1.54, 1.807) is 6.20 Å². The van der Waals surface area contributed by atoms with Gasteiger partial charge in [-0.1, -0.05) is 0 Å². The van der Waals surface area contributed by atoms with Crippen LogP contribution in [0.5, 0.6) is 0 Å². The number of ether oxygens (including phenoxy) is 1. The number of hydrogen-bond donors (Lipinski definition) is 1. The van der Waals surface area contributed by atoms with Crippen molar-refractivity contribution in [2.24, 2.45) is 0 Å². The minimum atomic E-state index is -0.404. The molecule has 1 N–H and O–H groups in total. The van der Waals surface area contributed by atoms with Crippen molar-refractivity contribution in [2.45, 2.75) is 37.1 Å². The molecule has 1 aromatic heterocycles. The van der Waals surface area contributed by atoms with E-state index in [0.29, 0.717) is 6.04 Å². The first-order chi connectivity index (χ1) is 10.7. The molecule has 1 saturated carbocycles. The first-order valence-electron chi connectivity index (χ1n) is 7.98. The molecule has 1 aromatic rings. The monoisotopic (exact) mass is 365 g/mol. The number of anilines is 1. The first kappa shape index (κ1) is 14.6. The van der Waals surface area contributed by atoms with E-state index in [9.17, 15) is 4.79 Å². The molecule has 1 amide bonds. The van der Waals surface area contributed by atoms with Gasteiger partial charge < -0.3 is 10.1 Å². The molecule has 1 spiro atoms. The van der Waals surface area contributed by atoms with E-state index in [0.717, 1.165) is 67.8 Å². The average molecular weight is 366 g/mol. The maximum absolute atomic E-state index is 12.6. The number of rotatable bonds is 1. The standard InChI is InChI=1S/C16H20BrN3O2/c17-11-9-13-14(18-10-11)16(15(21)19-13)3-1-12(2-4-16)20-5-7-22-8-6-20/h9-10,12H,1-8H2,(H,19,21). The zero-order valence-corrected chi connectivity index (χ0v) is 14.1. The predicted octanol–water partition coefficient (Wildman–Crippen LogP) is 2.31. The Labute approximate surface area is 138 Å². The zero-order chi connectivity index (χ0) is 15.2. The summed E-state index contributed by atoms with van der Waals surface area (Å²) < 4.78 is 6.35. The third-order valence-electron chi connectivity index (χ3n) is 5.36. The lowest BCUT2D eigenvalue weighted by Gasteiger charge is -2.41. The fraction of sp³-hybridized carbons (Fsp3) is 0.625. The van der Waals surface area contributed by atoms with Crippen LogP contribution in [0.3, 0.4) is 0 Å². The van der Waals surface area contributed by atoms with Crippen molar-refractivity contribution in [3.8, 4) is 0 Å². The van der Waals surface area contributed by atoms with Gasteiger partial charge in [0.25, 0.3) is 0 Å². The van der Waals surface area contributed by atoms with Crippen molar-refractivity contribution < 1.29 is 9.53 Å². The van der Waals surface area contributed by atoms with Crippen molar-refractivity contribution in [1.29, 1.82) is 0 Å². The Hall–Kier alpha value is -0.980. The minimum Gasteiger partial charge on any atom is -0.379 e. The molecule has 5 nitrogen and oxygen atoms in total. The van der Waals surface area contributed by atoms with Gasteiger partial charge in [-0.15, -0.1) is 0 Å². The van der Waals surface area contributed by atoms with E-state index in [2.05, 4.69) is 31.1 Å². The molecule has 1 saturated heterocycles. The van der Waals surface area contributed by atoms with E-state index in [1.807, 2.05) is 6.07 Å². The molecule has 3 aliphatic rings. The number of halogens is 1. The van der Waals surface area contributed by atoms with Crippen LogP contribution in [0, 0.1) is 0 Å². The van der Waals surface area contributed by atoms with E-state index < -0.39 is 5.41 Å². The molecular formula is C16H20BrN3O2. The van der Waals surface area contributed by atoms with Crippen LogP contribution in [0.1, 0.15) is 31.4 Å². The van der Waals surface area contributed by atoms with E-state index in [-0.39, 0.29) is 5.91 Å². The van der Waals surface area contributed by atoms with Gasteiger partial charge in [0, 0.05) is 29.8 Å². The van der Waals surface area contributed by atoms with Crippen LogP contribution in [-0.4, -0.2) is 48.1 Å². The van der Waals surface area contributed by atoms with Gasteiger partial charge in [-0.05, 0) is 47.7 Å². The first-order valence-corrected chi connectivity index (χ1v) is 8.78. The smallest absolute Gasteiger partial charge is 0.236 e. The number of hydrogen-bond acceptors (Lipinski definition) is 4. The van der Waals surface area contributed by atoms with Gasteiger partial charge in [0.15, 0.2) is 0 Å². The highest BCUT2D eigenvalue weighted by atomic mass is 79.9. The van der Waals surface area contributed by atoms with Crippen molar-refractivity contribution in [3.05, 3.63) is 22.4 Å². The maximum Gasteiger partial charge on any atom is 0.236 e. The van der Waals surface area contributed by atoms with Gasteiger partial charge in [0.1, 0.15) is 0 Å². The molecule has 118 valence electrons. The number of carbonyl (C=O) groups is 1. The SMILES string of the molecule is O=C1Nc2cc(Br)cnc2C12CCC(N1CCOCC1)CC2. The van der Waals surface area contributed by atoms with E-state index in [4.69, 9.17) is 4.74 Å². The largest absolute Gasteiger partial charge is 0.379 e. The van der Waals surface area contributed by atoms with Gasteiger partial charge in [-0.25, -0.2) is 0 Å². The molecule has 0 aromatic carbocycles. The fourth-order valence-electron chi connectivity index (χ4n) is 4.13. The Balaban J connectivity index is 1.54. The summed E-state index contributed by atoms with van der Waals surface area (Å²) in [4.78, 5) is 19.7. The quantitative estimate of drug-likeness (QED) is 0.829. The highest BCUT2D eigenvalue weighted by Gasteiger charge is 2.50. The summed E-state index contributed by atoms with van der Waals surface area (Å²) in [5.74, 6) is 0.133. The Bertz CT molecular complexity index is 593. The third kappa shape index (κ3) is 2.28. The van der Waals surface area contributed by atoms with Crippen LogP contribution in [-0.2, 0) is 14.9 Å². The summed E-state index contributed by atoms with van der Waals surface area (Å²) >= 11 is 3.43. The second kappa shape index (κ2) is 5.58. The second-order valence-electron chi connectivity index (χ2n) is 6.47. The topological polar surface area (TPSA) is 54.5 Å². The van der Waals surface area contributed by atoms with Crippen LogP contribution < -0.4 is 5.32 Å². The summed E-state index contributed by atoms with van der Waals surface area (Å²) in [5, 5.41) is 3.03. The van der Waals surface area contributed by atoms with Gasteiger partial charge in [-0.2, -0.15) is 0 Å². The van der Waals surface area contributed by atoms with Crippen LogP contribution in [0.15, 0.2) is 16.7 Å². The average Bonchev–Trinajstić information content (AvgIpc) is 2.80. The Morgan fingerprint density at radius 2 is 2.05 bits per heavy atom. The highest BCUT2D eigenvalue weighted by Crippen LogP contribution is 2.47. The van der Waals surface area contributed by atoms with Crippen molar-refractivity contribution >= 4 is 27.5 Å². The Morgan fingerprint density at radius 1 is 1.32 bits per heavy atom. The normalized spacial score (nSPS) is 32.0. The van der Waals surface area contributed by atoms with E-state index in [1.165, 1.54) is 0 Å². The number of carbonyl (C=O) groups excluding carboxylic acids is 1. The second-order valence-corrected chi connectivity index (χ2v) is 7.38. The van der Waals surface area contributed by atoms with Crippen LogP contribution in [0.4, 0.5) is 5.69 Å². The summed E-state index contributed by atoms with van der Waals surface area (Å²) in [6.45, 7) is 3.71. The van der Waals surface area contributed by atoms with Crippen LogP contribution >= 0.6 is 15.9 Å². The summed E-state index contributed by atoms with van der Waals surface area (Å²) in [7, 11) is 0. The Kier molecular flexibility index (Phi) is 3.71. The number of fused-ring (bicyclic) bond motifs is 2. The molecule has 22 heavy (non-hydrogen) atoms. The molecule has 0 unspecified atom stereocenters. The molecule has 4 rings (SSSR count). The van der Waals surface area contributed by atoms with Crippen molar-refractivity contribution in [2.75, 3.05) is 31.6 Å². The summed E-state index contributed by atoms with van der Waals surface area (Å²) in [5.41, 5.74) is 1.42. The maximum atomic E-state index is 12.6. The number of aromatic nitrogens is 1. The molecule has 1 aliphatic carbocycles. The van der Waals surface area contributed by atoms with Gasteiger partial charge >= 0.3 is 0 Å². The number of morpholine rings is 1. The molecular weight excluding hydrogens is 346 g/mol. The lowest BCUT2D eigenvalue weighted by Crippen LogP contribution is -2.48. The van der Waals surface area contributed by atoms with Gasteiger partial charge in [0.2, 0.25) is 5.91 Å². The lowest BCUT2D eigenvalue weighted by molar-refractivity contribution is -0.122. The molecule has 2 aliphatic heterocycles. The molecule has 3 heterocycles. The van der Waals surface area contributed by atoms with E-state index >= 15 is 0 Å². The molecule has 0 atom stereocenters. The van der Waals surface area contributed by atoms with Crippen molar-refractivity contribution in [3.63, 3.8) is 0 Å². The van der Waals surface area contributed by atoms with Crippen LogP contribution in [0.2, 0.25) is 0 Å². The van der Waals surface area contributed by atoms with Gasteiger partial charge in [-0.3, -0.25) is 14.7 Å². The summed E-state index contributed by atoms with van der Waals surface area (Å²) in [6, 6.07) is 2.55. The Morgan fingerprint density at radius 3 is 2.77 bits per heavy atom. The molecule has 6 heteroatoms. The molecule has 0 bridgehead atoms. The van der Waals surface area contributed by atoms with Crippen LogP contribution in [0.25, 0.3) is 0 Å². The fourth-order valence-corrected chi connectivity index (χ4v) is 4.46. The molecule has 0 radical (unpaired) electrons. The third-order valence-corrected chi connectivity index (χ3v) is 5.79. The molecule has 2 fully saturated rings. The number of amides is 1. The number of nitrogens with one attached hydrogen (secondary N) is 1. The number of nitrogens with zero attached hydrogens (tertiary/aromatic N) is 2. The van der Waals surface area contributed by atoms with Gasteiger partial charge in [0.05, 0.1) is 30.0 Å².